The third kappa shape index (κ3) is 8.98. The molecule has 0 fully saturated rings. The van der Waals surface area contributed by atoms with Crippen LogP contribution >= 0.6 is 11.8 Å². The van der Waals surface area contributed by atoms with E-state index >= 15 is 0 Å². The van der Waals surface area contributed by atoms with Gasteiger partial charge in [0.25, 0.3) is 0 Å². The van der Waals surface area contributed by atoms with Crippen molar-refractivity contribution in [2.75, 3.05) is 9.80 Å². The SMILES string of the molecule is CC(C)(C)c1ccc(C2=C3N=C(c4ccc(N(c5ccccc5)c5ccccc5)cc4)C(c4ccc(N(c5c#cccc5)c5ccccc5)cc4)=NC3C(c3ccc(C(C)(C)C)cc3)S2)cc1. The molecule has 4 nitrogen and oxygen atoms in total. The first kappa shape index (κ1) is 43.5. The maximum Gasteiger partial charge on any atom is 0.110 e. The summed E-state index contributed by atoms with van der Waals surface area (Å²) in [6.45, 7) is 13.6. The van der Waals surface area contributed by atoms with Crippen LogP contribution in [0.15, 0.2) is 222 Å². The van der Waals surface area contributed by atoms with Crippen molar-refractivity contribution >= 4 is 62.2 Å². The Bertz CT molecular complexity index is 2980. The number of aliphatic imine (C=N–C) groups is 2. The zero-order valence-corrected chi connectivity index (χ0v) is 39.8. The van der Waals surface area contributed by atoms with Crippen molar-refractivity contribution in [3.63, 3.8) is 0 Å². The predicted octanol–water partition coefficient (Wildman–Crippen LogP) is 16.3. The summed E-state index contributed by atoms with van der Waals surface area (Å²) in [6.07, 6.45) is 0. The molecule has 2 unspecified atom stereocenters. The molecule has 8 aromatic rings. The van der Waals surface area contributed by atoms with Gasteiger partial charge in [-0.25, -0.2) is 4.99 Å². The predicted molar refractivity (Wildman–Crippen MR) is 284 cm³/mol. The maximum absolute atomic E-state index is 5.85. The Labute approximate surface area is 401 Å². The molecule has 328 valence electrons. The largest absolute Gasteiger partial charge is 0.311 e. The monoisotopic (exact) mass is 886 g/mol. The molecule has 0 bridgehead atoms. The highest BCUT2D eigenvalue weighted by Gasteiger charge is 2.41. The third-order valence-corrected chi connectivity index (χ3v) is 14.1. The van der Waals surface area contributed by atoms with Crippen molar-refractivity contribution in [3.8, 4) is 0 Å². The Morgan fingerprint density at radius 3 is 1.39 bits per heavy atom. The van der Waals surface area contributed by atoms with Crippen LogP contribution in [0.5, 0.6) is 0 Å². The summed E-state index contributed by atoms with van der Waals surface area (Å²) in [5.41, 5.74) is 16.1. The van der Waals surface area contributed by atoms with E-state index in [1.807, 2.05) is 30.0 Å². The number of benzene rings is 7. The van der Waals surface area contributed by atoms with Crippen LogP contribution in [0.4, 0.5) is 34.1 Å². The fraction of sp³-hybridized carbons (Fsp3) is 0.161. The van der Waals surface area contributed by atoms with E-state index in [4.69, 9.17) is 9.98 Å². The van der Waals surface area contributed by atoms with Gasteiger partial charge < -0.3 is 9.80 Å². The number of fused-ring (bicyclic) bond motifs is 1. The van der Waals surface area contributed by atoms with Gasteiger partial charge >= 0.3 is 0 Å². The topological polar surface area (TPSA) is 31.2 Å². The van der Waals surface area contributed by atoms with Crippen molar-refractivity contribution in [2.45, 2.75) is 63.7 Å². The van der Waals surface area contributed by atoms with Gasteiger partial charge in [0.2, 0.25) is 0 Å². The molecule has 0 spiro atoms. The van der Waals surface area contributed by atoms with Gasteiger partial charge in [0.05, 0.1) is 28.1 Å². The quantitative estimate of drug-likeness (QED) is 0.137. The van der Waals surface area contributed by atoms with Crippen LogP contribution in [0.25, 0.3) is 4.91 Å². The zero-order chi connectivity index (χ0) is 46.1. The van der Waals surface area contributed by atoms with Gasteiger partial charge in [0.1, 0.15) is 6.04 Å². The van der Waals surface area contributed by atoms with Crippen molar-refractivity contribution in [3.05, 3.63) is 257 Å². The second-order valence-electron chi connectivity index (χ2n) is 19.3. The summed E-state index contributed by atoms with van der Waals surface area (Å²) in [6, 6.07) is 79.7. The lowest BCUT2D eigenvalue weighted by molar-refractivity contribution is 0.589. The second kappa shape index (κ2) is 18.1. The molecule has 2 aliphatic rings. The van der Waals surface area contributed by atoms with E-state index in [2.05, 4.69) is 252 Å². The smallest absolute Gasteiger partial charge is 0.110 e. The molecule has 0 saturated heterocycles. The average molecular weight is 887 g/mol. The minimum absolute atomic E-state index is 0.0343. The molecule has 67 heavy (non-hydrogen) atoms. The molecule has 2 atom stereocenters. The average Bonchev–Trinajstić information content (AvgIpc) is 3.74. The molecule has 10 rings (SSSR count). The maximum atomic E-state index is 5.85. The van der Waals surface area contributed by atoms with E-state index in [0.717, 1.165) is 62.4 Å². The molecule has 8 aromatic carbocycles. The van der Waals surface area contributed by atoms with Crippen molar-refractivity contribution in [1.82, 2.24) is 0 Å². The van der Waals surface area contributed by atoms with Crippen LogP contribution in [0.1, 0.15) is 80.2 Å². The molecule has 2 aliphatic heterocycles. The first-order valence-corrected chi connectivity index (χ1v) is 24.0. The van der Waals surface area contributed by atoms with Gasteiger partial charge in [-0.1, -0.05) is 181 Å². The van der Waals surface area contributed by atoms with Crippen molar-refractivity contribution < 1.29 is 0 Å². The van der Waals surface area contributed by atoms with Crippen molar-refractivity contribution in [1.29, 1.82) is 0 Å². The lowest BCUT2D eigenvalue weighted by atomic mass is 9.86. The number of rotatable bonds is 10. The molecule has 5 heteroatoms. The number of nitrogens with zero attached hydrogens (tertiary/aromatic N) is 4. The molecule has 0 amide bonds. The van der Waals surface area contributed by atoms with E-state index in [0.29, 0.717) is 0 Å². The highest BCUT2D eigenvalue weighted by molar-refractivity contribution is 8.08. The molecule has 2 heterocycles. The Hall–Kier alpha value is -7.39. The highest BCUT2D eigenvalue weighted by Crippen LogP contribution is 2.55. The Balaban J connectivity index is 1.12. The van der Waals surface area contributed by atoms with E-state index in [9.17, 15) is 0 Å². The molecule has 0 N–H and O–H groups in total. The second-order valence-corrected chi connectivity index (χ2v) is 20.4. The van der Waals surface area contributed by atoms with Gasteiger partial charge in [0, 0.05) is 44.5 Å². The van der Waals surface area contributed by atoms with Crippen LogP contribution in [0.2, 0.25) is 0 Å². The highest BCUT2D eigenvalue weighted by atomic mass is 32.2. The molecule has 0 aromatic heterocycles. The number of thioether (sulfide) groups is 1. The normalized spacial score (nSPS) is 15.9. The van der Waals surface area contributed by atoms with Crippen LogP contribution in [-0.2, 0) is 10.8 Å². The van der Waals surface area contributed by atoms with Crippen LogP contribution < -0.4 is 9.80 Å². The Morgan fingerprint density at radius 2 is 0.896 bits per heavy atom. The first-order valence-electron chi connectivity index (χ1n) is 23.1. The van der Waals surface area contributed by atoms with Crippen LogP contribution in [-0.4, -0.2) is 17.5 Å². The summed E-state index contributed by atoms with van der Waals surface area (Å²) >= 11 is 1.89. The van der Waals surface area contributed by atoms with Gasteiger partial charge in [0.15, 0.2) is 0 Å². The fourth-order valence-electron chi connectivity index (χ4n) is 8.94. The van der Waals surface area contributed by atoms with E-state index < -0.39 is 0 Å². The standard InChI is InChI=1S/C62H54N4S/c1-61(2,3)47-35-27-45(28-36-47)59-57-58(60(67-59)46-29-37-48(38-30-46)62(4,5)6)64-56(44-33-41-54(42-34-44)66(51-23-15-9-16-24-51)52-25-17-10-18-26-52)55(63-57)43-31-39-53(40-32-43)65(49-19-11-7-12-20-49)50-21-13-8-14-22-50/h7-17,19-25,27-42,58,60H,1-6H3. The van der Waals surface area contributed by atoms with E-state index in [-0.39, 0.29) is 22.1 Å². The minimum atomic E-state index is -0.206. The fourth-order valence-corrected chi connectivity index (χ4v) is 10.4. The summed E-state index contributed by atoms with van der Waals surface area (Å²) in [5, 5.41) is 0.0343. The van der Waals surface area contributed by atoms with Crippen LogP contribution in [0.3, 0.4) is 0 Å². The molecular weight excluding hydrogens is 833 g/mol. The number of para-hydroxylation sites is 3. The van der Waals surface area contributed by atoms with E-state index in [1.54, 1.807) is 0 Å². The molecular formula is C62H54N4S. The molecule has 0 radical (unpaired) electrons. The summed E-state index contributed by atoms with van der Waals surface area (Å²) in [5.74, 6) is 0. The first-order chi connectivity index (χ1) is 32.5. The Kier molecular flexibility index (Phi) is 11.8. The van der Waals surface area contributed by atoms with Crippen molar-refractivity contribution in [2.24, 2.45) is 9.98 Å². The van der Waals surface area contributed by atoms with Crippen LogP contribution in [0, 0.1) is 12.1 Å². The lowest BCUT2D eigenvalue weighted by Crippen LogP contribution is -2.27. The minimum Gasteiger partial charge on any atom is -0.311 e. The van der Waals surface area contributed by atoms with Gasteiger partial charge in [-0.2, -0.15) is 0 Å². The number of hydrogen-bond acceptors (Lipinski definition) is 5. The Morgan fingerprint density at radius 1 is 0.448 bits per heavy atom. The van der Waals surface area contributed by atoms with Gasteiger partial charge in [-0.15, -0.1) is 11.8 Å². The lowest BCUT2D eigenvalue weighted by Gasteiger charge is -2.27. The number of anilines is 6. The van der Waals surface area contributed by atoms with Gasteiger partial charge in [-0.05, 0) is 112 Å². The summed E-state index contributed by atoms with van der Waals surface area (Å²) in [7, 11) is 0. The van der Waals surface area contributed by atoms with E-state index in [1.165, 1.54) is 27.2 Å². The summed E-state index contributed by atoms with van der Waals surface area (Å²) in [4.78, 5) is 17.3. The zero-order valence-electron chi connectivity index (χ0n) is 39.0. The summed E-state index contributed by atoms with van der Waals surface area (Å²) < 4.78 is 0. The number of hydrogen-bond donors (Lipinski definition) is 0. The molecule has 0 saturated carbocycles. The van der Waals surface area contributed by atoms with Gasteiger partial charge in [-0.3, -0.25) is 4.99 Å². The third-order valence-electron chi connectivity index (χ3n) is 12.6. The molecule has 0 aliphatic carbocycles.